The maximum atomic E-state index is 14.2. The molecule has 0 atom stereocenters. The van der Waals surface area contributed by atoms with E-state index in [-0.39, 0.29) is 28.8 Å². The van der Waals surface area contributed by atoms with Crippen molar-refractivity contribution in [3.8, 4) is 11.1 Å². The molecule has 5 nitrogen and oxygen atoms in total. The van der Waals surface area contributed by atoms with Crippen LogP contribution in [-0.2, 0) is 12.7 Å². The Kier molecular flexibility index (Phi) is 6.02. The summed E-state index contributed by atoms with van der Waals surface area (Å²) in [6.07, 6.45) is -1.68. The van der Waals surface area contributed by atoms with Gasteiger partial charge in [0.1, 0.15) is 11.4 Å². The predicted molar refractivity (Wildman–Crippen MR) is 114 cm³/mol. The van der Waals surface area contributed by atoms with Crippen molar-refractivity contribution >= 4 is 5.91 Å². The Morgan fingerprint density at radius 1 is 1.16 bits per heavy atom. The van der Waals surface area contributed by atoms with Crippen molar-refractivity contribution in [2.75, 3.05) is 13.6 Å². The fourth-order valence-corrected chi connectivity index (χ4v) is 3.96. The fourth-order valence-electron chi connectivity index (χ4n) is 3.96. The molecule has 0 aliphatic rings. The third kappa shape index (κ3) is 4.84. The second kappa shape index (κ2) is 8.24. The maximum absolute atomic E-state index is 14.2. The number of nitrogens with zero attached hydrogens (tertiary/aromatic N) is 3. The Balaban J connectivity index is 2.28. The largest absolute Gasteiger partial charge is 0.431 e. The van der Waals surface area contributed by atoms with Crippen LogP contribution in [0.4, 0.5) is 13.2 Å². The van der Waals surface area contributed by atoms with E-state index in [9.17, 15) is 18.0 Å². The zero-order valence-corrected chi connectivity index (χ0v) is 18.3. The summed E-state index contributed by atoms with van der Waals surface area (Å²) >= 11 is 0. The van der Waals surface area contributed by atoms with Gasteiger partial charge in [0.05, 0.1) is 6.20 Å². The van der Waals surface area contributed by atoms with Gasteiger partial charge in [-0.3, -0.25) is 9.89 Å². The van der Waals surface area contributed by atoms with Gasteiger partial charge >= 0.3 is 6.18 Å². The van der Waals surface area contributed by atoms with Gasteiger partial charge in [0, 0.05) is 37.5 Å². The molecular weight excluding hydrogens is 405 g/mol. The number of alkyl halides is 3. The van der Waals surface area contributed by atoms with Crippen LogP contribution in [0.15, 0.2) is 42.7 Å². The molecule has 0 radical (unpaired) electrons. The lowest BCUT2D eigenvalue weighted by molar-refractivity contribution is -0.143. The molecule has 2 aromatic heterocycles. The quantitative estimate of drug-likeness (QED) is 0.589. The average Bonchev–Trinajstić information content (AvgIpc) is 3.26. The first-order chi connectivity index (χ1) is 14.4. The van der Waals surface area contributed by atoms with E-state index in [4.69, 9.17) is 0 Å². The Morgan fingerprint density at radius 3 is 2.32 bits per heavy atom. The summed E-state index contributed by atoms with van der Waals surface area (Å²) in [5.74, 6) is -0.458. The molecule has 166 valence electrons. The third-order valence-electron chi connectivity index (χ3n) is 5.01. The van der Waals surface area contributed by atoms with Crippen LogP contribution < -0.4 is 0 Å². The number of carbonyl (C=O) groups is 1. The summed E-state index contributed by atoms with van der Waals surface area (Å²) in [7, 11) is 1.62. The van der Waals surface area contributed by atoms with Gasteiger partial charge in [-0.25, -0.2) is 0 Å². The number of benzene rings is 1. The standard InChI is InChI=1S/C23H27F3N4O/c1-15-18(17-11-27-28-12-17)19(21(31)29(5)14-22(2,3)4)30(20(15)23(24,25)26)13-16-9-7-6-8-10-16/h6-12H,13-14H2,1-5H3,(H,27,28). The molecular formula is C23H27F3N4O. The molecule has 0 spiro atoms. The highest BCUT2D eigenvalue weighted by Crippen LogP contribution is 2.41. The molecule has 8 heteroatoms. The van der Waals surface area contributed by atoms with Crippen molar-refractivity contribution in [1.82, 2.24) is 19.7 Å². The van der Waals surface area contributed by atoms with E-state index < -0.39 is 17.8 Å². The number of nitrogens with one attached hydrogen (secondary N) is 1. The van der Waals surface area contributed by atoms with Crippen LogP contribution in [0.1, 0.15) is 48.1 Å². The summed E-state index contributed by atoms with van der Waals surface area (Å²) in [6, 6.07) is 8.84. The molecule has 1 amide bonds. The summed E-state index contributed by atoms with van der Waals surface area (Å²) in [4.78, 5) is 15.0. The van der Waals surface area contributed by atoms with E-state index in [1.165, 1.54) is 24.2 Å². The highest BCUT2D eigenvalue weighted by Gasteiger charge is 2.41. The summed E-state index contributed by atoms with van der Waals surface area (Å²) < 4.78 is 43.7. The molecule has 3 rings (SSSR count). The molecule has 0 unspecified atom stereocenters. The van der Waals surface area contributed by atoms with Gasteiger partial charge in [0.25, 0.3) is 5.91 Å². The summed E-state index contributed by atoms with van der Waals surface area (Å²) in [5.41, 5.74) is 0.373. The van der Waals surface area contributed by atoms with Crippen LogP contribution in [0.5, 0.6) is 0 Å². The van der Waals surface area contributed by atoms with Crippen LogP contribution in [0.25, 0.3) is 11.1 Å². The van der Waals surface area contributed by atoms with Gasteiger partial charge in [-0.2, -0.15) is 18.3 Å². The highest BCUT2D eigenvalue weighted by atomic mass is 19.4. The molecule has 0 aliphatic heterocycles. The van der Waals surface area contributed by atoms with Gasteiger partial charge in [-0.05, 0) is 23.5 Å². The van der Waals surface area contributed by atoms with E-state index in [0.717, 1.165) is 4.57 Å². The topological polar surface area (TPSA) is 53.9 Å². The van der Waals surface area contributed by atoms with Gasteiger partial charge in [0.15, 0.2) is 0 Å². The first-order valence-electron chi connectivity index (χ1n) is 9.99. The minimum atomic E-state index is -4.63. The van der Waals surface area contributed by atoms with Crippen molar-refractivity contribution in [2.45, 2.75) is 40.4 Å². The molecule has 0 aliphatic carbocycles. The van der Waals surface area contributed by atoms with Gasteiger partial charge in [-0.15, -0.1) is 0 Å². The lowest BCUT2D eigenvalue weighted by atomic mass is 9.96. The number of halogens is 3. The SMILES string of the molecule is Cc1c(-c2cn[nH]c2)c(C(=O)N(C)CC(C)(C)C)n(Cc2ccccc2)c1C(F)(F)F. The van der Waals surface area contributed by atoms with Crippen LogP contribution in [0.3, 0.4) is 0 Å². The molecule has 1 N–H and O–H groups in total. The predicted octanol–water partition coefficient (Wildman–Crippen LogP) is 5.37. The number of aromatic nitrogens is 3. The van der Waals surface area contributed by atoms with Crippen molar-refractivity contribution in [2.24, 2.45) is 5.41 Å². The van der Waals surface area contributed by atoms with Crippen molar-refractivity contribution < 1.29 is 18.0 Å². The lowest BCUT2D eigenvalue weighted by Crippen LogP contribution is -2.36. The second-order valence-electron chi connectivity index (χ2n) is 8.98. The normalized spacial score (nSPS) is 12.3. The Hall–Kier alpha value is -3.03. The minimum Gasteiger partial charge on any atom is -0.340 e. The fraction of sp³-hybridized carbons (Fsp3) is 0.391. The molecule has 3 aromatic rings. The van der Waals surface area contributed by atoms with Crippen LogP contribution in [0, 0.1) is 12.3 Å². The van der Waals surface area contributed by atoms with Crippen LogP contribution in [-0.4, -0.2) is 39.2 Å². The number of rotatable bonds is 5. The lowest BCUT2D eigenvalue weighted by Gasteiger charge is -2.27. The number of carbonyl (C=O) groups excluding carboxylic acids is 1. The summed E-state index contributed by atoms with van der Waals surface area (Å²) in [5, 5.41) is 6.53. The Morgan fingerprint density at radius 2 is 1.81 bits per heavy atom. The zero-order chi connectivity index (χ0) is 23.0. The molecule has 0 saturated carbocycles. The van der Waals surface area contributed by atoms with Crippen LogP contribution in [0.2, 0.25) is 0 Å². The molecule has 31 heavy (non-hydrogen) atoms. The smallest absolute Gasteiger partial charge is 0.340 e. The number of hydrogen-bond donors (Lipinski definition) is 1. The molecule has 2 heterocycles. The van der Waals surface area contributed by atoms with Gasteiger partial charge in [0.2, 0.25) is 0 Å². The molecule has 0 fully saturated rings. The van der Waals surface area contributed by atoms with Crippen molar-refractivity contribution in [3.05, 3.63) is 65.2 Å². The van der Waals surface area contributed by atoms with Crippen molar-refractivity contribution in [1.29, 1.82) is 0 Å². The maximum Gasteiger partial charge on any atom is 0.431 e. The zero-order valence-electron chi connectivity index (χ0n) is 18.3. The van der Waals surface area contributed by atoms with E-state index in [2.05, 4.69) is 10.2 Å². The van der Waals surface area contributed by atoms with Crippen LogP contribution >= 0.6 is 0 Å². The first-order valence-corrected chi connectivity index (χ1v) is 9.99. The average molecular weight is 432 g/mol. The van der Waals surface area contributed by atoms with Gasteiger partial charge < -0.3 is 9.47 Å². The summed E-state index contributed by atoms with van der Waals surface area (Å²) in [6.45, 7) is 7.66. The number of hydrogen-bond acceptors (Lipinski definition) is 2. The van der Waals surface area contributed by atoms with E-state index in [0.29, 0.717) is 17.7 Å². The minimum absolute atomic E-state index is 0.0114. The second-order valence-corrected chi connectivity index (χ2v) is 8.98. The monoisotopic (exact) mass is 432 g/mol. The van der Waals surface area contributed by atoms with E-state index in [1.54, 1.807) is 37.4 Å². The van der Waals surface area contributed by atoms with E-state index >= 15 is 0 Å². The Labute approximate surface area is 179 Å². The molecule has 0 bridgehead atoms. The van der Waals surface area contributed by atoms with Gasteiger partial charge in [-0.1, -0.05) is 51.1 Å². The third-order valence-corrected chi connectivity index (χ3v) is 5.01. The number of H-pyrrole nitrogens is 1. The highest BCUT2D eigenvalue weighted by molar-refractivity contribution is 6.01. The van der Waals surface area contributed by atoms with Crippen molar-refractivity contribution in [3.63, 3.8) is 0 Å². The number of amides is 1. The molecule has 0 saturated heterocycles. The van der Waals surface area contributed by atoms with E-state index in [1.807, 2.05) is 20.8 Å². The molecule has 1 aromatic carbocycles. The first kappa shape index (κ1) is 22.7. The number of aromatic amines is 1. The Bertz CT molecular complexity index is 1050.